The first-order valence-electron chi connectivity index (χ1n) is 8.89. The lowest BCUT2D eigenvalue weighted by atomic mass is 10.2. The highest BCUT2D eigenvalue weighted by Crippen LogP contribution is 2.24. The molecule has 156 valence electrons. The number of amides is 1. The second-order valence-corrected chi connectivity index (χ2v) is 8.08. The van der Waals surface area contributed by atoms with E-state index < -0.39 is 27.9 Å². The first-order chi connectivity index (χ1) is 13.7. The van der Waals surface area contributed by atoms with Crippen LogP contribution < -0.4 is 14.4 Å². The third kappa shape index (κ3) is 5.71. The van der Waals surface area contributed by atoms with Crippen LogP contribution in [-0.4, -0.2) is 46.3 Å². The number of carbonyl (C=O) groups is 2. The van der Waals surface area contributed by atoms with Crippen molar-refractivity contribution in [2.24, 2.45) is 0 Å². The van der Waals surface area contributed by atoms with Gasteiger partial charge in [0.1, 0.15) is 11.8 Å². The summed E-state index contributed by atoms with van der Waals surface area (Å²) >= 11 is 0. The summed E-state index contributed by atoms with van der Waals surface area (Å²) in [5.74, 6) is -0.491. The van der Waals surface area contributed by atoms with Crippen LogP contribution in [0.3, 0.4) is 0 Å². The molecule has 0 aromatic heterocycles. The number of methoxy groups -OCH3 is 1. The van der Waals surface area contributed by atoms with Gasteiger partial charge in [-0.1, -0.05) is 6.07 Å². The van der Waals surface area contributed by atoms with Gasteiger partial charge in [0.15, 0.2) is 0 Å². The normalized spacial score (nSPS) is 12.0. The summed E-state index contributed by atoms with van der Waals surface area (Å²) in [6, 6.07) is 11.6. The maximum Gasteiger partial charge on any atom is 0.338 e. The molecule has 8 nitrogen and oxygen atoms in total. The Morgan fingerprint density at radius 2 is 1.79 bits per heavy atom. The van der Waals surface area contributed by atoms with Gasteiger partial charge in [0.25, 0.3) is 0 Å². The molecule has 1 atom stereocenters. The largest absolute Gasteiger partial charge is 0.497 e. The number of rotatable bonds is 8. The standard InChI is InChI=1S/C20H24N2O6S/c1-5-28-20(24)15-7-6-8-16(13-15)21-19(23)14(2)22(29(4,25)26)17-9-11-18(27-3)12-10-17/h6-14H,5H2,1-4H3,(H,21,23)/t14-/m1/s1. The quantitative estimate of drug-likeness (QED) is 0.659. The Hall–Kier alpha value is -3.07. The second-order valence-electron chi connectivity index (χ2n) is 6.22. The summed E-state index contributed by atoms with van der Waals surface area (Å²) in [6.45, 7) is 3.41. The lowest BCUT2D eigenvalue weighted by Gasteiger charge is -2.28. The van der Waals surface area contributed by atoms with Crippen molar-refractivity contribution < 1.29 is 27.5 Å². The molecule has 0 spiro atoms. The molecule has 9 heteroatoms. The fourth-order valence-electron chi connectivity index (χ4n) is 2.72. The molecule has 0 fully saturated rings. The highest BCUT2D eigenvalue weighted by atomic mass is 32.2. The first kappa shape index (κ1) is 22.2. The average Bonchev–Trinajstić information content (AvgIpc) is 2.68. The predicted octanol–water partition coefficient (Wildman–Crippen LogP) is 2.67. The van der Waals surface area contributed by atoms with Gasteiger partial charge in [-0.05, 0) is 56.3 Å². The molecule has 0 saturated heterocycles. The van der Waals surface area contributed by atoms with E-state index in [9.17, 15) is 18.0 Å². The van der Waals surface area contributed by atoms with Crippen LogP contribution in [0.1, 0.15) is 24.2 Å². The molecule has 2 aromatic rings. The Morgan fingerprint density at radius 1 is 1.14 bits per heavy atom. The zero-order valence-corrected chi connectivity index (χ0v) is 17.5. The number of carbonyl (C=O) groups excluding carboxylic acids is 2. The van der Waals surface area contributed by atoms with Crippen molar-refractivity contribution in [3.8, 4) is 5.75 Å². The number of benzene rings is 2. The molecule has 1 N–H and O–H groups in total. The molecule has 0 unspecified atom stereocenters. The monoisotopic (exact) mass is 420 g/mol. The zero-order valence-electron chi connectivity index (χ0n) is 16.7. The summed E-state index contributed by atoms with van der Waals surface area (Å²) in [5, 5.41) is 2.65. The number of nitrogens with one attached hydrogen (secondary N) is 1. The fourth-order valence-corrected chi connectivity index (χ4v) is 3.90. The summed E-state index contributed by atoms with van der Waals surface area (Å²) < 4.78 is 35.8. The SMILES string of the molecule is CCOC(=O)c1cccc(NC(=O)[C@@H](C)N(c2ccc(OC)cc2)S(C)(=O)=O)c1. The van der Waals surface area contributed by atoms with Crippen LogP contribution in [0.2, 0.25) is 0 Å². The van der Waals surface area contributed by atoms with Crippen molar-refractivity contribution in [2.45, 2.75) is 19.9 Å². The molecule has 29 heavy (non-hydrogen) atoms. The lowest BCUT2D eigenvalue weighted by Crippen LogP contribution is -2.45. The molecule has 0 aliphatic rings. The van der Waals surface area contributed by atoms with Gasteiger partial charge in [-0.2, -0.15) is 0 Å². The molecular formula is C20H24N2O6S. The molecular weight excluding hydrogens is 396 g/mol. The van der Waals surface area contributed by atoms with E-state index in [2.05, 4.69) is 5.32 Å². The van der Waals surface area contributed by atoms with Gasteiger partial charge in [0, 0.05) is 5.69 Å². The molecule has 0 saturated carbocycles. The van der Waals surface area contributed by atoms with Crippen molar-refractivity contribution >= 4 is 33.3 Å². The molecule has 0 aliphatic carbocycles. The Kier molecular flexibility index (Phi) is 7.22. The van der Waals surface area contributed by atoms with E-state index in [0.29, 0.717) is 17.1 Å². The van der Waals surface area contributed by atoms with E-state index in [1.54, 1.807) is 49.4 Å². The van der Waals surface area contributed by atoms with Crippen LogP contribution >= 0.6 is 0 Å². The van der Waals surface area contributed by atoms with Gasteiger partial charge >= 0.3 is 5.97 Å². The molecule has 0 aliphatic heterocycles. The van der Waals surface area contributed by atoms with Crippen LogP contribution in [0.25, 0.3) is 0 Å². The maximum absolute atomic E-state index is 12.7. The van der Waals surface area contributed by atoms with E-state index >= 15 is 0 Å². The number of sulfonamides is 1. The highest BCUT2D eigenvalue weighted by Gasteiger charge is 2.29. The molecule has 2 aromatic carbocycles. The summed E-state index contributed by atoms with van der Waals surface area (Å²) in [5.41, 5.74) is 0.972. The minimum absolute atomic E-state index is 0.234. The predicted molar refractivity (Wildman–Crippen MR) is 111 cm³/mol. The van der Waals surface area contributed by atoms with E-state index in [1.807, 2.05) is 0 Å². The van der Waals surface area contributed by atoms with Crippen LogP contribution in [-0.2, 0) is 19.6 Å². The van der Waals surface area contributed by atoms with E-state index in [1.165, 1.54) is 20.1 Å². The molecule has 0 heterocycles. The van der Waals surface area contributed by atoms with Crippen LogP contribution in [0.5, 0.6) is 5.75 Å². The van der Waals surface area contributed by atoms with Gasteiger partial charge < -0.3 is 14.8 Å². The number of nitrogens with zero attached hydrogens (tertiary/aromatic N) is 1. The summed E-state index contributed by atoms with van der Waals surface area (Å²) in [6.07, 6.45) is 1.03. The Morgan fingerprint density at radius 3 is 2.34 bits per heavy atom. The number of ether oxygens (including phenoxy) is 2. The average molecular weight is 420 g/mol. The minimum atomic E-state index is -3.75. The van der Waals surface area contributed by atoms with Gasteiger partial charge in [-0.15, -0.1) is 0 Å². The van der Waals surface area contributed by atoms with Gasteiger partial charge in [-0.25, -0.2) is 13.2 Å². The maximum atomic E-state index is 12.7. The van der Waals surface area contributed by atoms with Crippen LogP contribution in [0.15, 0.2) is 48.5 Å². The summed E-state index contributed by atoms with van der Waals surface area (Å²) in [4.78, 5) is 24.6. The number of esters is 1. The fraction of sp³-hybridized carbons (Fsp3) is 0.300. The zero-order chi connectivity index (χ0) is 21.6. The highest BCUT2D eigenvalue weighted by molar-refractivity contribution is 7.92. The van der Waals surface area contributed by atoms with E-state index in [-0.39, 0.29) is 12.2 Å². The smallest absolute Gasteiger partial charge is 0.338 e. The van der Waals surface area contributed by atoms with Crippen molar-refractivity contribution in [3.63, 3.8) is 0 Å². The van der Waals surface area contributed by atoms with Crippen LogP contribution in [0.4, 0.5) is 11.4 Å². The molecule has 0 bridgehead atoms. The Balaban J connectivity index is 2.25. The van der Waals surface area contributed by atoms with Gasteiger partial charge in [-0.3, -0.25) is 9.10 Å². The van der Waals surface area contributed by atoms with Crippen molar-refractivity contribution in [3.05, 3.63) is 54.1 Å². The molecule has 0 radical (unpaired) electrons. The summed E-state index contributed by atoms with van der Waals surface area (Å²) in [7, 11) is -2.24. The number of hydrogen-bond acceptors (Lipinski definition) is 6. The minimum Gasteiger partial charge on any atom is -0.497 e. The van der Waals surface area contributed by atoms with Gasteiger partial charge in [0.05, 0.1) is 31.2 Å². The Bertz CT molecular complexity index is 973. The van der Waals surface area contributed by atoms with E-state index in [0.717, 1.165) is 10.6 Å². The number of anilines is 2. The third-order valence-corrected chi connectivity index (χ3v) is 5.30. The first-order valence-corrected chi connectivity index (χ1v) is 10.7. The third-order valence-electron chi connectivity index (χ3n) is 4.06. The van der Waals surface area contributed by atoms with Crippen molar-refractivity contribution in [1.82, 2.24) is 0 Å². The van der Waals surface area contributed by atoms with Gasteiger partial charge in [0.2, 0.25) is 15.9 Å². The van der Waals surface area contributed by atoms with Crippen LogP contribution in [0, 0.1) is 0 Å². The molecule has 1 amide bonds. The topological polar surface area (TPSA) is 102 Å². The van der Waals surface area contributed by atoms with Crippen molar-refractivity contribution in [1.29, 1.82) is 0 Å². The molecule has 2 rings (SSSR count). The van der Waals surface area contributed by atoms with Crippen molar-refractivity contribution in [2.75, 3.05) is 29.6 Å². The lowest BCUT2D eigenvalue weighted by molar-refractivity contribution is -0.116. The second kappa shape index (κ2) is 9.42. The Labute approximate surface area is 170 Å². The van der Waals surface area contributed by atoms with E-state index in [4.69, 9.17) is 9.47 Å². The number of hydrogen-bond donors (Lipinski definition) is 1.